The van der Waals surface area contributed by atoms with Crippen LogP contribution in [0.4, 0.5) is 11.4 Å². The fraction of sp³-hybridized carbons (Fsp3) is 0.500. The van der Waals surface area contributed by atoms with E-state index in [1.54, 1.807) is 17.3 Å². The van der Waals surface area contributed by atoms with Gasteiger partial charge in [0, 0.05) is 30.2 Å². The van der Waals surface area contributed by atoms with Crippen LogP contribution in [0.5, 0.6) is 0 Å². The number of hydrogen-bond donors (Lipinski definition) is 2. The maximum atomic E-state index is 13.1. The number of rotatable bonds is 4. The van der Waals surface area contributed by atoms with Gasteiger partial charge in [0.25, 0.3) is 0 Å². The van der Waals surface area contributed by atoms with Crippen molar-refractivity contribution in [1.82, 2.24) is 14.9 Å². The number of nitrogens with zero attached hydrogens (tertiary/aromatic N) is 4. The highest BCUT2D eigenvalue weighted by molar-refractivity contribution is 6.34. The highest BCUT2D eigenvalue weighted by atomic mass is 35.5. The molecule has 2 aromatic rings. The molecule has 9 heteroatoms. The van der Waals surface area contributed by atoms with Crippen LogP contribution in [-0.2, 0) is 20.5 Å². The van der Waals surface area contributed by atoms with Gasteiger partial charge in [-0.1, -0.05) is 44.5 Å². The first-order valence-corrected chi connectivity index (χ1v) is 11.6. The average Bonchev–Trinajstić information content (AvgIpc) is 2.75. The van der Waals surface area contributed by atoms with Crippen molar-refractivity contribution in [3.8, 4) is 0 Å². The summed E-state index contributed by atoms with van der Waals surface area (Å²) in [5, 5.41) is 3.77. The monoisotopic (exact) mass is 470 g/mol. The third-order valence-electron chi connectivity index (χ3n) is 6.11. The summed E-state index contributed by atoms with van der Waals surface area (Å²) >= 11 is 6.81. The summed E-state index contributed by atoms with van der Waals surface area (Å²) < 4.78 is 5.42. The molecule has 2 aliphatic rings. The van der Waals surface area contributed by atoms with Crippen LogP contribution >= 0.6 is 11.6 Å². The van der Waals surface area contributed by atoms with E-state index in [4.69, 9.17) is 27.1 Å². The van der Waals surface area contributed by atoms with Crippen molar-refractivity contribution in [3.05, 3.63) is 47.0 Å². The average molecular weight is 471 g/mol. The molecular weight excluding hydrogens is 440 g/mol. The third-order valence-corrected chi connectivity index (χ3v) is 6.52. The van der Waals surface area contributed by atoms with Gasteiger partial charge >= 0.3 is 0 Å². The fourth-order valence-electron chi connectivity index (χ4n) is 4.32. The quantitative estimate of drug-likeness (QED) is 0.696. The Morgan fingerprint density at radius 1 is 1.21 bits per heavy atom. The minimum absolute atomic E-state index is 0.0269. The lowest BCUT2D eigenvalue weighted by Crippen LogP contribution is -2.55. The van der Waals surface area contributed by atoms with Crippen molar-refractivity contribution in [2.75, 3.05) is 18.5 Å². The smallest absolute Gasteiger partial charge is 0.232 e. The zero-order valence-corrected chi connectivity index (χ0v) is 20.3. The molecule has 1 aromatic heterocycles. The molecule has 1 saturated heterocycles. The first-order valence-electron chi connectivity index (χ1n) is 11.2. The number of carbonyl (C=O) groups is 1. The number of carbonyl (C=O) groups excluding carboxylic acids is 1. The molecular formula is C24H31ClN6O2. The second kappa shape index (κ2) is 8.91. The summed E-state index contributed by atoms with van der Waals surface area (Å²) in [5.41, 5.74) is 7.48. The van der Waals surface area contributed by atoms with Crippen molar-refractivity contribution < 1.29 is 9.53 Å². The minimum Gasteiger partial charge on any atom is -0.381 e. The molecule has 3 heterocycles. The summed E-state index contributed by atoms with van der Waals surface area (Å²) in [5.74, 6) is 0.957. The fourth-order valence-corrected chi connectivity index (χ4v) is 4.70. The molecule has 3 N–H and O–H groups in total. The van der Waals surface area contributed by atoms with Crippen LogP contribution in [0, 0.1) is 0 Å². The Morgan fingerprint density at radius 3 is 2.48 bits per heavy atom. The largest absolute Gasteiger partial charge is 0.381 e. The number of guanidine groups is 1. The van der Waals surface area contributed by atoms with Crippen molar-refractivity contribution >= 4 is 34.8 Å². The standard InChI is InChI=1S/C24H31ClN6O2/c1-23(2,3)21-27-13-15(14-28-21)29-18-7-5-6-17(20(18)25)24(4)12-19(32)31(22(26)30-24)16-8-10-33-11-9-16/h5-7,13-14,16,29H,8-12H2,1-4H3,(H2,26,30)/t24-/m0/s1. The Balaban J connectivity index is 1.60. The van der Waals surface area contributed by atoms with E-state index in [1.807, 2.05) is 25.1 Å². The summed E-state index contributed by atoms with van der Waals surface area (Å²) in [6.45, 7) is 9.34. The first kappa shape index (κ1) is 23.4. The van der Waals surface area contributed by atoms with E-state index in [2.05, 4.69) is 36.1 Å². The van der Waals surface area contributed by atoms with E-state index in [9.17, 15) is 4.79 Å². The van der Waals surface area contributed by atoms with E-state index in [0.29, 0.717) is 23.9 Å². The second-order valence-electron chi connectivity index (χ2n) is 9.87. The Kier molecular flexibility index (Phi) is 6.33. The molecule has 1 fully saturated rings. The normalized spacial score (nSPS) is 22.3. The number of aromatic nitrogens is 2. The summed E-state index contributed by atoms with van der Waals surface area (Å²) in [6.07, 6.45) is 5.19. The zero-order valence-electron chi connectivity index (χ0n) is 19.6. The van der Waals surface area contributed by atoms with Gasteiger partial charge in [-0.05, 0) is 25.8 Å². The molecule has 1 atom stereocenters. The molecule has 33 heavy (non-hydrogen) atoms. The molecule has 176 valence electrons. The molecule has 0 bridgehead atoms. The number of amides is 1. The minimum atomic E-state index is -0.857. The predicted octanol–water partition coefficient (Wildman–Crippen LogP) is 4.11. The molecule has 0 unspecified atom stereocenters. The van der Waals surface area contributed by atoms with Crippen LogP contribution in [-0.4, -0.2) is 46.0 Å². The lowest BCUT2D eigenvalue weighted by Gasteiger charge is -2.40. The van der Waals surface area contributed by atoms with Gasteiger partial charge in [0.15, 0.2) is 5.96 Å². The maximum absolute atomic E-state index is 13.1. The maximum Gasteiger partial charge on any atom is 0.232 e. The predicted molar refractivity (Wildman–Crippen MR) is 130 cm³/mol. The molecule has 0 aliphatic carbocycles. The van der Waals surface area contributed by atoms with Crippen molar-refractivity contribution in [1.29, 1.82) is 0 Å². The topological polar surface area (TPSA) is 106 Å². The van der Waals surface area contributed by atoms with Gasteiger partial charge in [0.05, 0.1) is 40.8 Å². The Hall–Kier alpha value is -2.71. The molecule has 8 nitrogen and oxygen atoms in total. The number of anilines is 2. The van der Waals surface area contributed by atoms with Crippen molar-refractivity contribution in [2.24, 2.45) is 10.7 Å². The van der Waals surface area contributed by atoms with Crippen LogP contribution in [0.25, 0.3) is 0 Å². The van der Waals surface area contributed by atoms with Gasteiger partial charge in [0.1, 0.15) is 5.82 Å². The van der Waals surface area contributed by atoms with E-state index in [-0.39, 0.29) is 29.7 Å². The summed E-state index contributed by atoms with van der Waals surface area (Å²) in [6, 6.07) is 5.68. The molecule has 1 aromatic carbocycles. The van der Waals surface area contributed by atoms with Gasteiger partial charge in [-0.3, -0.25) is 9.69 Å². The molecule has 2 aliphatic heterocycles. The Labute approximate surface area is 199 Å². The number of benzene rings is 1. The number of ether oxygens (including phenoxy) is 1. The number of hydrogen-bond acceptors (Lipinski definition) is 7. The van der Waals surface area contributed by atoms with Gasteiger partial charge in [-0.15, -0.1) is 0 Å². The molecule has 0 saturated carbocycles. The Bertz CT molecular complexity index is 1060. The SMILES string of the molecule is CC(C)(C)c1ncc(Nc2cccc([C@]3(C)CC(=O)N(C4CCOCC4)C(N)=N3)c2Cl)cn1. The van der Waals surface area contributed by atoms with Crippen LogP contribution < -0.4 is 11.1 Å². The lowest BCUT2D eigenvalue weighted by atomic mass is 9.86. The van der Waals surface area contributed by atoms with Gasteiger partial charge in [0.2, 0.25) is 5.91 Å². The molecule has 0 radical (unpaired) electrons. The lowest BCUT2D eigenvalue weighted by molar-refractivity contribution is -0.132. The molecule has 4 rings (SSSR count). The van der Waals surface area contributed by atoms with Gasteiger partial charge < -0.3 is 15.8 Å². The van der Waals surface area contributed by atoms with Crippen molar-refractivity contribution in [3.63, 3.8) is 0 Å². The van der Waals surface area contributed by atoms with Crippen LogP contribution in [0.3, 0.4) is 0 Å². The molecule has 1 amide bonds. The summed E-state index contributed by atoms with van der Waals surface area (Å²) in [4.78, 5) is 28.5. The number of aliphatic imine (C=N–C) groups is 1. The number of nitrogens with two attached hydrogens (primary N) is 1. The number of nitrogens with one attached hydrogen (secondary N) is 1. The zero-order chi connectivity index (χ0) is 23.8. The van der Waals surface area contributed by atoms with Crippen molar-refractivity contribution in [2.45, 2.75) is 64.0 Å². The number of halogens is 1. The summed E-state index contributed by atoms with van der Waals surface area (Å²) in [7, 11) is 0. The highest BCUT2D eigenvalue weighted by Crippen LogP contribution is 2.41. The van der Waals surface area contributed by atoms with E-state index >= 15 is 0 Å². The van der Waals surface area contributed by atoms with E-state index < -0.39 is 5.54 Å². The van der Waals surface area contributed by atoms with E-state index in [0.717, 1.165) is 29.9 Å². The van der Waals surface area contributed by atoms with Crippen LogP contribution in [0.1, 0.15) is 58.3 Å². The third kappa shape index (κ3) is 4.82. The van der Waals surface area contributed by atoms with Crippen LogP contribution in [0.2, 0.25) is 5.02 Å². The highest BCUT2D eigenvalue weighted by Gasteiger charge is 2.41. The van der Waals surface area contributed by atoms with Gasteiger partial charge in [-0.25, -0.2) is 15.0 Å². The van der Waals surface area contributed by atoms with Crippen LogP contribution in [0.15, 0.2) is 35.6 Å². The first-order chi connectivity index (χ1) is 15.6. The Morgan fingerprint density at radius 2 is 1.88 bits per heavy atom. The molecule has 0 spiro atoms. The second-order valence-corrected chi connectivity index (χ2v) is 10.2. The van der Waals surface area contributed by atoms with Gasteiger partial charge in [-0.2, -0.15) is 0 Å². The van der Waals surface area contributed by atoms with E-state index in [1.165, 1.54) is 0 Å².